The van der Waals surface area contributed by atoms with Gasteiger partial charge in [0.2, 0.25) is 0 Å². The molecule has 0 heterocycles. The molecule has 0 rings (SSSR count). The number of hydrogen-bond donors (Lipinski definition) is 1. The molecule has 2 atom stereocenters. The third kappa shape index (κ3) is 6.94. The predicted molar refractivity (Wildman–Crippen MR) is 61.2 cm³/mol. The Bertz CT molecular complexity index is 162. The number of nitrogens with one attached hydrogen (secondary N) is 1. The quantitative estimate of drug-likeness (QED) is 0.602. The van der Waals surface area contributed by atoms with Gasteiger partial charge in [0.15, 0.2) is 0 Å². The molecule has 0 aromatic heterocycles. The Balaban J connectivity index is 3.78. The molecule has 0 aromatic rings. The fourth-order valence-electron chi connectivity index (χ4n) is 1.41. The molecule has 2 heteroatoms. The molecule has 0 radical (unpaired) electrons. The molecule has 0 amide bonds. The van der Waals surface area contributed by atoms with Gasteiger partial charge in [-0.3, -0.25) is 0 Å². The van der Waals surface area contributed by atoms with Crippen LogP contribution in [0.3, 0.4) is 0 Å². The van der Waals surface area contributed by atoms with Crippen LogP contribution in [0.15, 0.2) is 0 Å². The van der Waals surface area contributed by atoms with Crippen molar-refractivity contribution in [1.29, 1.82) is 0 Å². The van der Waals surface area contributed by atoms with Gasteiger partial charge in [-0.2, -0.15) is 0 Å². The second-order valence-corrected chi connectivity index (χ2v) is 3.68. The van der Waals surface area contributed by atoms with Gasteiger partial charge < -0.3 is 10.1 Å². The highest BCUT2D eigenvalue weighted by Gasteiger charge is 2.10. The Kier molecular flexibility index (Phi) is 8.72. The Morgan fingerprint density at radius 3 is 2.71 bits per heavy atom. The van der Waals surface area contributed by atoms with Crippen molar-refractivity contribution in [3.63, 3.8) is 0 Å². The van der Waals surface area contributed by atoms with Gasteiger partial charge >= 0.3 is 0 Å². The van der Waals surface area contributed by atoms with Crippen molar-refractivity contribution in [3.8, 4) is 12.3 Å². The van der Waals surface area contributed by atoms with Crippen LogP contribution in [-0.4, -0.2) is 25.8 Å². The topological polar surface area (TPSA) is 21.3 Å². The summed E-state index contributed by atoms with van der Waals surface area (Å²) in [5.74, 6) is 2.69. The fraction of sp³-hybridized carbons (Fsp3) is 0.833. The van der Waals surface area contributed by atoms with Gasteiger partial charge in [-0.25, -0.2) is 0 Å². The maximum Gasteiger partial charge on any atom is 0.0558 e. The van der Waals surface area contributed by atoms with Crippen LogP contribution in [0.1, 0.15) is 39.5 Å². The Labute approximate surface area is 88.4 Å². The largest absolute Gasteiger partial charge is 0.382 e. The second-order valence-electron chi connectivity index (χ2n) is 3.68. The summed E-state index contributed by atoms with van der Waals surface area (Å²) in [4.78, 5) is 0. The minimum absolute atomic E-state index is 0.308. The summed E-state index contributed by atoms with van der Waals surface area (Å²) in [6.07, 6.45) is 9.66. The van der Waals surface area contributed by atoms with Gasteiger partial charge in [-0.1, -0.05) is 6.92 Å². The summed E-state index contributed by atoms with van der Waals surface area (Å²) >= 11 is 0. The van der Waals surface area contributed by atoms with E-state index >= 15 is 0 Å². The Morgan fingerprint density at radius 1 is 1.50 bits per heavy atom. The second kappa shape index (κ2) is 9.05. The summed E-state index contributed by atoms with van der Waals surface area (Å²) < 4.78 is 5.25. The maximum atomic E-state index is 5.26. The van der Waals surface area contributed by atoms with E-state index in [9.17, 15) is 0 Å². The Hall–Kier alpha value is -0.520. The lowest BCUT2D eigenvalue weighted by Gasteiger charge is -2.20. The van der Waals surface area contributed by atoms with Crippen LogP contribution in [0.4, 0.5) is 0 Å². The van der Waals surface area contributed by atoms with Gasteiger partial charge in [-0.15, -0.1) is 12.3 Å². The molecule has 0 saturated carbocycles. The smallest absolute Gasteiger partial charge is 0.0558 e. The first kappa shape index (κ1) is 13.5. The molecule has 14 heavy (non-hydrogen) atoms. The summed E-state index contributed by atoms with van der Waals surface area (Å²) in [7, 11) is 1.75. The van der Waals surface area contributed by atoms with E-state index in [0.29, 0.717) is 12.1 Å². The highest BCUT2D eigenvalue weighted by atomic mass is 16.5. The van der Waals surface area contributed by atoms with Gasteiger partial charge in [0.05, 0.1) is 6.10 Å². The minimum atomic E-state index is 0.308. The predicted octanol–water partition coefficient (Wildman–Crippen LogP) is 2.19. The summed E-state index contributed by atoms with van der Waals surface area (Å²) in [5, 5.41) is 3.49. The summed E-state index contributed by atoms with van der Waals surface area (Å²) in [6, 6.07) is 0.501. The van der Waals surface area contributed by atoms with Crippen molar-refractivity contribution in [2.24, 2.45) is 0 Å². The highest BCUT2D eigenvalue weighted by Crippen LogP contribution is 2.07. The first-order chi connectivity index (χ1) is 6.74. The standard InChI is InChI=1S/C12H23NO/c1-5-7-8-12(13-9-6-2)10-11(3)14-4/h1,11-13H,6-10H2,2-4H3. The first-order valence-electron chi connectivity index (χ1n) is 5.44. The third-order valence-corrected chi connectivity index (χ3v) is 2.34. The molecule has 82 valence electrons. The molecule has 2 unspecified atom stereocenters. The molecule has 2 nitrogen and oxygen atoms in total. The lowest BCUT2D eigenvalue weighted by molar-refractivity contribution is 0.0995. The maximum absolute atomic E-state index is 5.26. The molecule has 0 saturated heterocycles. The SMILES string of the molecule is C#CCCC(CC(C)OC)NCCC. The average Bonchev–Trinajstić information content (AvgIpc) is 2.21. The van der Waals surface area contributed by atoms with Crippen LogP contribution in [0.5, 0.6) is 0 Å². The van der Waals surface area contributed by atoms with Crippen molar-refractivity contribution in [2.75, 3.05) is 13.7 Å². The molecule has 1 N–H and O–H groups in total. The Morgan fingerprint density at radius 2 is 2.21 bits per heavy atom. The molecule has 0 aromatic carbocycles. The number of terminal acetylenes is 1. The highest BCUT2D eigenvalue weighted by molar-refractivity contribution is 4.86. The van der Waals surface area contributed by atoms with E-state index in [-0.39, 0.29) is 0 Å². The number of methoxy groups -OCH3 is 1. The molecular formula is C12H23NO. The van der Waals surface area contributed by atoms with Gasteiger partial charge in [0.1, 0.15) is 0 Å². The minimum Gasteiger partial charge on any atom is -0.382 e. The van der Waals surface area contributed by atoms with Crippen molar-refractivity contribution in [1.82, 2.24) is 5.32 Å². The zero-order chi connectivity index (χ0) is 10.8. The van der Waals surface area contributed by atoms with E-state index in [1.807, 2.05) is 0 Å². The van der Waals surface area contributed by atoms with E-state index in [1.54, 1.807) is 7.11 Å². The van der Waals surface area contributed by atoms with E-state index < -0.39 is 0 Å². The number of rotatable bonds is 8. The monoisotopic (exact) mass is 197 g/mol. The molecule has 0 bridgehead atoms. The molecule has 0 spiro atoms. The van der Waals surface area contributed by atoms with Gasteiger partial charge in [0.25, 0.3) is 0 Å². The average molecular weight is 197 g/mol. The van der Waals surface area contributed by atoms with Crippen molar-refractivity contribution < 1.29 is 4.74 Å². The van der Waals surface area contributed by atoms with Crippen LogP contribution in [0.2, 0.25) is 0 Å². The van der Waals surface area contributed by atoms with E-state index in [1.165, 1.54) is 0 Å². The van der Waals surface area contributed by atoms with E-state index in [4.69, 9.17) is 11.2 Å². The summed E-state index contributed by atoms with van der Waals surface area (Å²) in [6.45, 7) is 5.33. The van der Waals surface area contributed by atoms with Crippen LogP contribution in [-0.2, 0) is 4.74 Å². The van der Waals surface area contributed by atoms with Crippen LogP contribution < -0.4 is 5.32 Å². The first-order valence-corrected chi connectivity index (χ1v) is 5.44. The molecular weight excluding hydrogens is 174 g/mol. The molecule has 0 aliphatic rings. The fourth-order valence-corrected chi connectivity index (χ4v) is 1.41. The number of hydrogen-bond acceptors (Lipinski definition) is 2. The van der Waals surface area contributed by atoms with Crippen molar-refractivity contribution in [2.45, 2.75) is 51.7 Å². The number of ether oxygens (including phenoxy) is 1. The van der Waals surface area contributed by atoms with Crippen molar-refractivity contribution >= 4 is 0 Å². The molecule has 0 fully saturated rings. The van der Waals surface area contributed by atoms with Crippen LogP contribution in [0.25, 0.3) is 0 Å². The lowest BCUT2D eigenvalue weighted by Crippen LogP contribution is -2.33. The lowest BCUT2D eigenvalue weighted by atomic mass is 10.0. The normalized spacial score (nSPS) is 14.7. The summed E-state index contributed by atoms with van der Waals surface area (Å²) in [5.41, 5.74) is 0. The third-order valence-electron chi connectivity index (χ3n) is 2.34. The van der Waals surface area contributed by atoms with Gasteiger partial charge in [0, 0.05) is 19.6 Å². The molecule has 0 aliphatic heterocycles. The molecule has 0 aliphatic carbocycles. The van der Waals surface area contributed by atoms with Crippen LogP contribution in [0, 0.1) is 12.3 Å². The van der Waals surface area contributed by atoms with Gasteiger partial charge in [-0.05, 0) is 32.7 Å². The van der Waals surface area contributed by atoms with Crippen molar-refractivity contribution in [3.05, 3.63) is 0 Å². The van der Waals surface area contributed by atoms with Crippen LogP contribution >= 0.6 is 0 Å². The zero-order valence-electron chi connectivity index (χ0n) is 9.68. The van der Waals surface area contributed by atoms with E-state index in [0.717, 1.165) is 32.2 Å². The van der Waals surface area contributed by atoms with E-state index in [2.05, 4.69) is 25.1 Å². The zero-order valence-corrected chi connectivity index (χ0v) is 9.68.